The average Bonchev–Trinajstić information content (AvgIpc) is 3.29. The summed E-state index contributed by atoms with van der Waals surface area (Å²) in [6, 6.07) is 8.18. The fraction of sp³-hybridized carbons (Fsp3) is 0.500. The number of benzene rings is 1. The fourth-order valence-corrected chi connectivity index (χ4v) is 5.53. The van der Waals surface area contributed by atoms with E-state index >= 15 is 0 Å². The predicted octanol–water partition coefficient (Wildman–Crippen LogP) is 0.770. The van der Waals surface area contributed by atoms with E-state index in [0.717, 1.165) is 5.56 Å². The summed E-state index contributed by atoms with van der Waals surface area (Å²) in [6.07, 6.45) is 0. The lowest BCUT2D eigenvalue weighted by atomic mass is 9.95. The lowest BCUT2D eigenvalue weighted by Gasteiger charge is -2.44. The summed E-state index contributed by atoms with van der Waals surface area (Å²) in [5.41, 5.74) is 0.870. The normalized spacial score (nSPS) is 26.5. The highest BCUT2D eigenvalue weighted by atomic mass is 32.2. The van der Waals surface area contributed by atoms with Crippen LogP contribution < -0.4 is 10.6 Å². The van der Waals surface area contributed by atoms with Gasteiger partial charge in [0.2, 0.25) is 11.8 Å². The molecule has 9 nitrogen and oxygen atoms in total. The van der Waals surface area contributed by atoms with Crippen LogP contribution in [0, 0.1) is 0 Å². The van der Waals surface area contributed by atoms with E-state index in [-0.39, 0.29) is 28.0 Å². The highest BCUT2D eigenvalue weighted by Crippen LogP contribution is 2.56. The number of fused-ring (bicyclic) bond motifs is 1. The van der Waals surface area contributed by atoms with Gasteiger partial charge in [-0.1, -0.05) is 42.5 Å². The Morgan fingerprint density at radius 2 is 2.11 bits per heavy atom. The predicted molar refractivity (Wildman–Crippen MR) is 104 cm³/mol. The molecular formula is C18H23N7O2S. The number of carbonyl (C=O) groups excluding carboxylic acids is 2. The van der Waals surface area contributed by atoms with E-state index in [0.29, 0.717) is 12.4 Å². The zero-order valence-corrected chi connectivity index (χ0v) is 16.7. The first-order valence-corrected chi connectivity index (χ1v) is 10.1. The first kappa shape index (κ1) is 18.9. The third-order valence-corrected chi connectivity index (χ3v) is 6.72. The number of thioether (sulfide) groups is 1. The van der Waals surface area contributed by atoms with Crippen LogP contribution in [0.15, 0.2) is 30.3 Å². The Kier molecular flexibility index (Phi) is 4.84. The molecule has 0 spiro atoms. The molecule has 0 radical (unpaired) electrons. The number of aromatic amines is 1. The zero-order valence-electron chi connectivity index (χ0n) is 15.9. The first-order chi connectivity index (χ1) is 13.4. The van der Waals surface area contributed by atoms with Gasteiger partial charge >= 0.3 is 0 Å². The Morgan fingerprint density at radius 1 is 1.36 bits per heavy atom. The molecule has 0 aliphatic carbocycles. The SMILES string of the molecule is CCNC(C(=O)NC1C(=O)N2C1SC(C)(C)C2c1nn[nH]n1)c1ccccc1. The van der Waals surface area contributed by atoms with Crippen LogP contribution in [0.25, 0.3) is 0 Å². The molecule has 2 fully saturated rings. The molecule has 2 aromatic rings. The van der Waals surface area contributed by atoms with E-state index < -0.39 is 12.1 Å². The van der Waals surface area contributed by atoms with E-state index in [9.17, 15) is 9.59 Å². The number of H-pyrrole nitrogens is 1. The van der Waals surface area contributed by atoms with Crippen molar-refractivity contribution in [1.82, 2.24) is 36.2 Å². The molecule has 0 bridgehead atoms. The number of likely N-dealkylation sites (N-methyl/N-ethyl adjacent to an activating group) is 1. The van der Waals surface area contributed by atoms with E-state index in [2.05, 4.69) is 45.1 Å². The molecular weight excluding hydrogens is 378 g/mol. The summed E-state index contributed by atoms with van der Waals surface area (Å²) < 4.78 is -0.288. The molecule has 10 heteroatoms. The maximum Gasteiger partial charge on any atom is 0.249 e. The zero-order chi connectivity index (χ0) is 19.9. The van der Waals surface area contributed by atoms with Crippen molar-refractivity contribution in [2.24, 2.45) is 0 Å². The topological polar surface area (TPSA) is 116 Å². The fourth-order valence-electron chi connectivity index (χ4n) is 3.90. The number of rotatable bonds is 6. The maximum absolute atomic E-state index is 12.9. The Bertz CT molecular complexity index is 858. The average molecular weight is 401 g/mol. The molecule has 148 valence electrons. The molecule has 4 atom stereocenters. The minimum Gasteiger partial charge on any atom is -0.340 e. The summed E-state index contributed by atoms with van der Waals surface area (Å²) in [5.74, 6) is 0.176. The van der Waals surface area contributed by atoms with Crippen LogP contribution in [-0.4, -0.2) is 60.0 Å². The lowest BCUT2D eigenvalue weighted by Crippen LogP contribution is -2.68. The Hall–Kier alpha value is -2.46. The smallest absolute Gasteiger partial charge is 0.249 e. The highest BCUT2D eigenvalue weighted by molar-refractivity contribution is 8.01. The number of nitrogens with one attached hydrogen (secondary N) is 3. The van der Waals surface area contributed by atoms with Crippen molar-refractivity contribution in [3.63, 3.8) is 0 Å². The standard InChI is InChI=1S/C18H23N7O2S/c1-4-19-11(10-8-6-5-7-9-10)15(26)20-12-16(27)25-13(14-21-23-24-22-14)18(2,3)28-17(12)25/h5-9,11-13,17,19H,4H2,1-3H3,(H,20,26)(H,21,22,23,24). The molecule has 1 aromatic carbocycles. The van der Waals surface area contributed by atoms with Gasteiger partial charge in [0.05, 0.1) is 0 Å². The van der Waals surface area contributed by atoms with Crippen molar-refractivity contribution in [3.8, 4) is 0 Å². The van der Waals surface area contributed by atoms with Gasteiger partial charge in [-0.25, -0.2) is 0 Å². The summed E-state index contributed by atoms with van der Waals surface area (Å²) in [4.78, 5) is 27.6. The molecule has 28 heavy (non-hydrogen) atoms. The first-order valence-electron chi connectivity index (χ1n) is 9.26. The molecule has 3 heterocycles. The highest BCUT2D eigenvalue weighted by Gasteiger charge is 2.63. The molecule has 2 aliphatic rings. The van der Waals surface area contributed by atoms with E-state index in [1.165, 1.54) is 0 Å². The van der Waals surface area contributed by atoms with Gasteiger partial charge in [0.15, 0.2) is 5.82 Å². The molecule has 4 rings (SSSR count). The van der Waals surface area contributed by atoms with E-state index in [1.54, 1.807) is 16.7 Å². The number of nitrogens with zero attached hydrogens (tertiary/aromatic N) is 4. The number of carbonyl (C=O) groups is 2. The minimum atomic E-state index is -0.557. The van der Waals surface area contributed by atoms with Gasteiger partial charge in [-0.3, -0.25) is 9.59 Å². The largest absolute Gasteiger partial charge is 0.340 e. The summed E-state index contributed by atoms with van der Waals surface area (Å²) in [7, 11) is 0. The summed E-state index contributed by atoms with van der Waals surface area (Å²) >= 11 is 1.65. The van der Waals surface area contributed by atoms with Crippen LogP contribution in [0.5, 0.6) is 0 Å². The molecule has 2 amide bonds. The molecule has 1 aromatic heterocycles. The Labute approximate surface area is 167 Å². The van der Waals surface area contributed by atoms with E-state index in [4.69, 9.17) is 0 Å². The lowest BCUT2D eigenvalue weighted by molar-refractivity contribution is -0.152. The molecule has 0 saturated carbocycles. The molecule has 4 unspecified atom stereocenters. The second kappa shape index (κ2) is 7.17. The van der Waals surface area contributed by atoms with Gasteiger partial charge in [0.1, 0.15) is 23.5 Å². The van der Waals surface area contributed by atoms with Crippen molar-refractivity contribution in [3.05, 3.63) is 41.7 Å². The third-order valence-electron chi connectivity index (χ3n) is 5.15. The van der Waals surface area contributed by atoms with Crippen LogP contribution in [0.4, 0.5) is 0 Å². The second-order valence-corrected chi connectivity index (χ2v) is 9.19. The number of amides is 2. The Morgan fingerprint density at radius 3 is 2.75 bits per heavy atom. The van der Waals surface area contributed by atoms with Crippen molar-refractivity contribution in [2.45, 2.75) is 49.0 Å². The van der Waals surface area contributed by atoms with Gasteiger partial charge in [0, 0.05) is 4.75 Å². The quantitative estimate of drug-likeness (QED) is 0.612. The monoisotopic (exact) mass is 401 g/mol. The Balaban J connectivity index is 1.51. The number of tetrazole rings is 1. The van der Waals surface area contributed by atoms with E-state index in [1.807, 2.05) is 37.3 Å². The number of β-lactam (4-membered cyclic amide) rings is 1. The van der Waals surface area contributed by atoms with Gasteiger partial charge in [0.25, 0.3) is 0 Å². The van der Waals surface area contributed by atoms with Gasteiger partial charge in [-0.2, -0.15) is 5.21 Å². The van der Waals surface area contributed by atoms with Crippen molar-refractivity contribution in [2.75, 3.05) is 6.54 Å². The van der Waals surface area contributed by atoms with Crippen LogP contribution in [0.1, 0.15) is 44.2 Å². The maximum atomic E-state index is 12.9. The number of hydrogen-bond donors (Lipinski definition) is 3. The number of hydrogen-bond acceptors (Lipinski definition) is 7. The van der Waals surface area contributed by atoms with Gasteiger partial charge in [-0.05, 0) is 26.0 Å². The van der Waals surface area contributed by atoms with Crippen LogP contribution in [0.2, 0.25) is 0 Å². The minimum absolute atomic E-state index is 0.116. The molecule has 2 saturated heterocycles. The van der Waals surface area contributed by atoms with Crippen molar-refractivity contribution < 1.29 is 9.59 Å². The number of aromatic nitrogens is 4. The van der Waals surface area contributed by atoms with Gasteiger partial charge < -0.3 is 15.5 Å². The molecule has 3 N–H and O–H groups in total. The summed E-state index contributed by atoms with van der Waals surface area (Å²) in [5, 5.41) is 20.2. The van der Waals surface area contributed by atoms with Crippen molar-refractivity contribution in [1.29, 1.82) is 0 Å². The van der Waals surface area contributed by atoms with Crippen LogP contribution in [-0.2, 0) is 9.59 Å². The van der Waals surface area contributed by atoms with Crippen LogP contribution >= 0.6 is 11.8 Å². The molecule has 2 aliphatic heterocycles. The second-order valence-electron chi connectivity index (χ2n) is 7.42. The van der Waals surface area contributed by atoms with Crippen LogP contribution in [0.3, 0.4) is 0 Å². The summed E-state index contributed by atoms with van der Waals surface area (Å²) in [6.45, 7) is 6.69. The third kappa shape index (κ3) is 3.06. The van der Waals surface area contributed by atoms with Gasteiger partial charge in [-0.15, -0.1) is 22.0 Å². The van der Waals surface area contributed by atoms with Crippen molar-refractivity contribution >= 4 is 23.6 Å².